The fourth-order valence-electron chi connectivity index (χ4n) is 5.51. The van der Waals surface area contributed by atoms with Crippen molar-refractivity contribution in [1.29, 1.82) is 0 Å². The van der Waals surface area contributed by atoms with Gasteiger partial charge in [-0.15, -0.1) is 0 Å². The van der Waals surface area contributed by atoms with Crippen LogP contribution in [0, 0.1) is 0 Å². The molecule has 0 fully saturated rings. The van der Waals surface area contributed by atoms with Gasteiger partial charge in [-0.1, -0.05) is 97.6 Å². The van der Waals surface area contributed by atoms with Crippen molar-refractivity contribution in [2.45, 2.75) is 0 Å². The zero-order chi connectivity index (χ0) is 24.0. The minimum absolute atomic E-state index is 1.11. The van der Waals surface area contributed by atoms with Gasteiger partial charge >= 0.3 is 8.56 Å². The Hall–Kier alpha value is -3.76. The van der Waals surface area contributed by atoms with Crippen LogP contribution in [0.1, 0.15) is 5.56 Å². The topological polar surface area (TPSA) is 18.5 Å². The van der Waals surface area contributed by atoms with Crippen LogP contribution in [0.25, 0.3) is 49.2 Å². The summed E-state index contributed by atoms with van der Waals surface area (Å²) >= 11 is 0. The summed E-state index contributed by atoms with van der Waals surface area (Å²) in [5.74, 6) is 0. The third-order valence-electron chi connectivity index (χ3n) is 7.17. The van der Waals surface area contributed by atoms with Gasteiger partial charge in [-0.05, 0) is 66.9 Å². The summed E-state index contributed by atoms with van der Waals surface area (Å²) in [5, 5.41) is 11.8. The lowest BCUT2D eigenvalue weighted by molar-refractivity contribution is 0.273. The zero-order valence-electron chi connectivity index (χ0n) is 19.9. The van der Waals surface area contributed by atoms with E-state index in [1.54, 1.807) is 14.2 Å². The van der Waals surface area contributed by atoms with Gasteiger partial charge in [0.2, 0.25) is 0 Å². The number of hydrogen-bond donors (Lipinski definition) is 0. The van der Waals surface area contributed by atoms with Crippen LogP contribution in [-0.4, -0.2) is 22.8 Å². The summed E-state index contributed by atoms with van der Waals surface area (Å²) in [7, 11) is 0.481. The average molecular weight is 471 g/mol. The molecule has 0 aliphatic heterocycles. The zero-order valence-corrected chi connectivity index (χ0v) is 20.9. The highest BCUT2D eigenvalue weighted by Crippen LogP contribution is 2.30. The van der Waals surface area contributed by atoms with E-state index in [2.05, 4.69) is 110 Å². The van der Waals surface area contributed by atoms with E-state index in [1.807, 2.05) is 6.08 Å². The standard InChI is InChI=1S/C32H26O2Si/c1-4-22-17-18-24-21-32(29-16-10-8-14-27(29)30(24)19-22)35(33-2,34-3)31-20-23-11-5-6-12-25(23)26-13-7-9-15-28(26)31/h4-21H,1H2,2-3H3. The molecule has 0 bridgehead atoms. The minimum atomic E-state index is -3.10. The fraction of sp³-hybridized carbons (Fsp3) is 0.0625. The van der Waals surface area contributed by atoms with Crippen LogP contribution in [0.4, 0.5) is 0 Å². The first-order valence-electron chi connectivity index (χ1n) is 11.8. The molecule has 0 unspecified atom stereocenters. The molecule has 0 N–H and O–H groups in total. The van der Waals surface area contributed by atoms with Crippen LogP contribution in [0.15, 0.2) is 110 Å². The van der Waals surface area contributed by atoms with Gasteiger partial charge in [-0.25, -0.2) is 0 Å². The predicted molar refractivity (Wildman–Crippen MR) is 152 cm³/mol. The Bertz CT molecular complexity index is 1750. The molecule has 0 saturated carbocycles. The maximum atomic E-state index is 6.52. The number of fused-ring (bicyclic) bond motifs is 6. The molecule has 0 radical (unpaired) electrons. The molecule has 0 heterocycles. The molecular formula is C32H26O2Si. The molecule has 0 aliphatic carbocycles. The second-order valence-electron chi connectivity index (χ2n) is 8.87. The molecule has 35 heavy (non-hydrogen) atoms. The Morgan fingerprint density at radius 3 is 1.60 bits per heavy atom. The Kier molecular flexibility index (Phi) is 5.26. The van der Waals surface area contributed by atoms with E-state index in [1.165, 1.54) is 37.7 Å². The summed E-state index contributed by atoms with van der Waals surface area (Å²) in [6, 6.07) is 36.7. The van der Waals surface area contributed by atoms with Gasteiger partial charge in [0.25, 0.3) is 0 Å². The number of benzene rings is 6. The molecular weight excluding hydrogens is 444 g/mol. The van der Waals surface area contributed by atoms with E-state index in [0.717, 1.165) is 21.3 Å². The Balaban J connectivity index is 1.77. The highest BCUT2D eigenvalue weighted by molar-refractivity contribution is 6.95. The highest BCUT2D eigenvalue weighted by atomic mass is 28.4. The maximum Gasteiger partial charge on any atom is 0.407 e. The van der Waals surface area contributed by atoms with Crippen molar-refractivity contribution in [3.05, 3.63) is 115 Å². The lowest BCUT2D eigenvalue weighted by Gasteiger charge is -2.31. The second kappa shape index (κ2) is 8.47. The van der Waals surface area contributed by atoms with Crippen molar-refractivity contribution >= 4 is 68.1 Å². The molecule has 0 amide bonds. The molecule has 3 heteroatoms. The van der Waals surface area contributed by atoms with Gasteiger partial charge in [0.05, 0.1) is 0 Å². The summed E-state index contributed by atoms with van der Waals surface area (Å²) in [4.78, 5) is 0. The normalized spacial score (nSPS) is 12.1. The van der Waals surface area contributed by atoms with Gasteiger partial charge in [0, 0.05) is 24.6 Å². The Morgan fingerprint density at radius 1 is 0.543 bits per heavy atom. The average Bonchev–Trinajstić information content (AvgIpc) is 2.93. The van der Waals surface area contributed by atoms with Crippen LogP contribution >= 0.6 is 0 Å². The molecule has 2 nitrogen and oxygen atoms in total. The monoisotopic (exact) mass is 470 g/mol. The van der Waals surface area contributed by atoms with Gasteiger partial charge < -0.3 is 8.85 Å². The third-order valence-corrected chi connectivity index (χ3v) is 10.6. The minimum Gasteiger partial charge on any atom is -0.391 e. The van der Waals surface area contributed by atoms with Crippen molar-refractivity contribution in [3.63, 3.8) is 0 Å². The van der Waals surface area contributed by atoms with E-state index in [-0.39, 0.29) is 0 Å². The van der Waals surface area contributed by atoms with Crippen LogP contribution in [0.5, 0.6) is 0 Å². The van der Waals surface area contributed by atoms with Crippen LogP contribution < -0.4 is 10.4 Å². The van der Waals surface area contributed by atoms with Crippen LogP contribution in [0.2, 0.25) is 0 Å². The summed E-state index contributed by atoms with van der Waals surface area (Å²) in [5.41, 5.74) is 1.11. The van der Waals surface area contributed by atoms with Crippen molar-refractivity contribution < 1.29 is 8.85 Å². The van der Waals surface area contributed by atoms with E-state index < -0.39 is 8.56 Å². The Morgan fingerprint density at radius 2 is 1.03 bits per heavy atom. The molecule has 6 aromatic rings. The van der Waals surface area contributed by atoms with Crippen molar-refractivity contribution in [3.8, 4) is 0 Å². The van der Waals surface area contributed by atoms with E-state index in [4.69, 9.17) is 8.85 Å². The van der Waals surface area contributed by atoms with Gasteiger partial charge in [-0.2, -0.15) is 0 Å². The van der Waals surface area contributed by atoms with Crippen molar-refractivity contribution in [2.75, 3.05) is 14.2 Å². The largest absolute Gasteiger partial charge is 0.407 e. The SMILES string of the molecule is C=Cc1ccc2cc([Si](OC)(OC)c3cc4ccccc4c4ccccc34)c3ccccc3c2c1. The molecule has 0 atom stereocenters. The molecule has 0 saturated heterocycles. The summed E-state index contributed by atoms with van der Waals surface area (Å²) in [6.07, 6.45) is 1.90. The smallest absolute Gasteiger partial charge is 0.391 e. The van der Waals surface area contributed by atoms with Crippen LogP contribution in [-0.2, 0) is 8.85 Å². The van der Waals surface area contributed by atoms with E-state index >= 15 is 0 Å². The van der Waals surface area contributed by atoms with Gasteiger partial charge in [0.15, 0.2) is 0 Å². The first-order valence-corrected chi connectivity index (χ1v) is 13.6. The van der Waals surface area contributed by atoms with Gasteiger partial charge in [0.1, 0.15) is 0 Å². The first-order chi connectivity index (χ1) is 17.2. The van der Waals surface area contributed by atoms with Crippen molar-refractivity contribution in [1.82, 2.24) is 0 Å². The lowest BCUT2D eigenvalue weighted by atomic mass is 10.00. The summed E-state index contributed by atoms with van der Waals surface area (Å²) < 4.78 is 13.0. The number of hydrogen-bond acceptors (Lipinski definition) is 2. The Labute approximate surface area is 206 Å². The predicted octanol–water partition coefficient (Wildman–Crippen LogP) is 6.79. The maximum absolute atomic E-state index is 6.52. The summed E-state index contributed by atoms with van der Waals surface area (Å²) in [6.45, 7) is 3.96. The molecule has 170 valence electrons. The quantitative estimate of drug-likeness (QED) is 0.204. The van der Waals surface area contributed by atoms with Gasteiger partial charge in [-0.3, -0.25) is 0 Å². The molecule has 6 aromatic carbocycles. The lowest BCUT2D eigenvalue weighted by Crippen LogP contribution is -2.62. The molecule has 6 rings (SSSR count). The fourth-order valence-corrected chi connectivity index (χ4v) is 8.69. The van der Waals surface area contributed by atoms with E-state index in [9.17, 15) is 0 Å². The molecule has 0 aromatic heterocycles. The highest BCUT2D eigenvalue weighted by Gasteiger charge is 2.44. The second-order valence-corrected chi connectivity index (χ2v) is 12.0. The molecule has 0 spiro atoms. The van der Waals surface area contributed by atoms with Crippen LogP contribution in [0.3, 0.4) is 0 Å². The van der Waals surface area contributed by atoms with E-state index in [0.29, 0.717) is 0 Å². The van der Waals surface area contributed by atoms with Crippen molar-refractivity contribution in [2.24, 2.45) is 0 Å². The third kappa shape index (κ3) is 3.24. The first kappa shape index (κ1) is 21.7. The molecule has 0 aliphatic rings. The number of rotatable bonds is 5.